The van der Waals surface area contributed by atoms with Gasteiger partial charge in [0.1, 0.15) is 6.33 Å². The fourth-order valence-corrected chi connectivity index (χ4v) is 1.47. The fraction of sp³-hybridized carbons (Fsp3) is 0.714. The second kappa shape index (κ2) is 6.26. The van der Waals surface area contributed by atoms with Crippen LogP contribution in [-0.4, -0.2) is 39.9 Å². The Hall–Kier alpha value is -1.56. The standard InChI is InChI=1S/C14H26N4O2/c1-7-8-15-11-10(20-6)12(17-9-16-11)18-13(2,3)14(4,5)19/h9,19H,7-8H2,1-6H3,(H2,15,16,17,18). The Morgan fingerprint density at radius 2 is 1.80 bits per heavy atom. The molecule has 1 heterocycles. The first-order chi connectivity index (χ1) is 9.23. The van der Waals surface area contributed by atoms with Crippen molar-refractivity contribution >= 4 is 11.6 Å². The van der Waals surface area contributed by atoms with Crippen molar-refractivity contribution in [1.29, 1.82) is 0 Å². The van der Waals surface area contributed by atoms with Gasteiger partial charge in [-0.15, -0.1) is 0 Å². The molecule has 114 valence electrons. The number of methoxy groups -OCH3 is 1. The highest BCUT2D eigenvalue weighted by molar-refractivity contribution is 5.64. The number of anilines is 2. The van der Waals surface area contributed by atoms with Crippen molar-refractivity contribution in [1.82, 2.24) is 9.97 Å². The molecule has 1 rings (SSSR count). The van der Waals surface area contributed by atoms with Gasteiger partial charge in [-0.05, 0) is 34.1 Å². The Balaban J connectivity index is 3.06. The monoisotopic (exact) mass is 282 g/mol. The molecule has 0 radical (unpaired) electrons. The van der Waals surface area contributed by atoms with Crippen molar-refractivity contribution in [3.63, 3.8) is 0 Å². The number of aromatic nitrogens is 2. The predicted molar refractivity (Wildman–Crippen MR) is 81.4 cm³/mol. The number of nitrogens with one attached hydrogen (secondary N) is 2. The molecule has 0 saturated heterocycles. The van der Waals surface area contributed by atoms with E-state index in [-0.39, 0.29) is 0 Å². The van der Waals surface area contributed by atoms with Gasteiger partial charge in [-0.2, -0.15) is 0 Å². The number of hydrogen-bond acceptors (Lipinski definition) is 6. The van der Waals surface area contributed by atoms with Crippen LogP contribution in [0.4, 0.5) is 11.6 Å². The lowest BCUT2D eigenvalue weighted by molar-refractivity contribution is 0.0238. The second-order valence-electron chi connectivity index (χ2n) is 5.84. The summed E-state index contributed by atoms with van der Waals surface area (Å²) in [5.74, 6) is 1.77. The molecule has 0 aliphatic carbocycles. The predicted octanol–water partition coefficient (Wildman–Crippen LogP) is 2.27. The first kappa shape index (κ1) is 16.5. The van der Waals surface area contributed by atoms with Crippen LogP contribution in [0.3, 0.4) is 0 Å². The van der Waals surface area contributed by atoms with Crippen LogP contribution >= 0.6 is 0 Å². The van der Waals surface area contributed by atoms with Crippen molar-refractivity contribution in [2.24, 2.45) is 0 Å². The van der Waals surface area contributed by atoms with E-state index in [9.17, 15) is 5.11 Å². The molecule has 0 amide bonds. The Morgan fingerprint density at radius 1 is 1.20 bits per heavy atom. The molecule has 0 fully saturated rings. The number of rotatable bonds is 7. The maximum Gasteiger partial charge on any atom is 0.204 e. The summed E-state index contributed by atoms with van der Waals surface area (Å²) in [5, 5.41) is 16.6. The quantitative estimate of drug-likeness (QED) is 0.712. The molecule has 0 unspecified atom stereocenters. The first-order valence-electron chi connectivity index (χ1n) is 6.86. The lowest BCUT2D eigenvalue weighted by Gasteiger charge is -2.38. The summed E-state index contributed by atoms with van der Waals surface area (Å²) in [4.78, 5) is 8.41. The molecule has 0 aliphatic heterocycles. The third-order valence-corrected chi connectivity index (χ3v) is 3.51. The third-order valence-electron chi connectivity index (χ3n) is 3.51. The topological polar surface area (TPSA) is 79.3 Å². The Morgan fingerprint density at radius 3 is 2.30 bits per heavy atom. The Labute approximate surface area is 121 Å². The molecule has 20 heavy (non-hydrogen) atoms. The fourth-order valence-electron chi connectivity index (χ4n) is 1.47. The van der Waals surface area contributed by atoms with E-state index in [1.165, 1.54) is 6.33 Å². The molecule has 6 nitrogen and oxygen atoms in total. The number of ether oxygens (including phenoxy) is 1. The van der Waals surface area contributed by atoms with Gasteiger partial charge in [-0.3, -0.25) is 0 Å². The largest absolute Gasteiger partial charge is 0.490 e. The summed E-state index contributed by atoms with van der Waals surface area (Å²) in [6.07, 6.45) is 2.47. The molecule has 0 bridgehead atoms. The van der Waals surface area contributed by atoms with Gasteiger partial charge in [0, 0.05) is 6.54 Å². The minimum Gasteiger partial charge on any atom is -0.490 e. The summed E-state index contributed by atoms with van der Waals surface area (Å²) in [7, 11) is 1.58. The van der Waals surface area contributed by atoms with Crippen molar-refractivity contribution in [2.45, 2.75) is 52.2 Å². The van der Waals surface area contributed by atoms with Crippen LogP contribution in [0.2, 0.25) is 0 Å². The van der Waals surface area contributed by atoms with Gasteiger partial charge in [0.05, 0.1) is 18.2 Å². The molecule has 0 atom stereocenters. The van der Waals surface area contributed by atoms with Gasteiger partial charge in [0.2, 0.25) is 5.75 Å². The molecule has 0 saturated carbocycles. The van der Waals surface area contributed by atoms with Crippen molar-refractivity contribution < 1.29 is 9.84 Å². The molecule has 1 aromatic rings. The Kier molecular flexibility index (Phi) is 5.16. The van der Waals surface area contributed by atoms with E-state index < -0.39 is 11.1 Å². The summed E-state index contributed by atoms with van der Waals surface area (Å²) in [6.45, 7) is 10.2. The van der Waals surface area contributed by atoms with Crippen LogP contribution in [0.5, 0.6) is 5.75 Å². The van der Waals surface area contributed by atoms with Crippen LogP contribution in [0, 0.1) is 0 Å². The molecule has 6 heteroatoms. The van der Waals surface area contributed by atoms with E-state index >= 15 is 0 Å². The Bertz CT molecular complexity index is 441. The van der Waals surface area contributed by atoms with E-state index in [0.717, 1.165) is 13.0 Å². The lowest BCUT2D eigenvalue weighted by atomic mass is 9.86. The number of hydrogen-bond donors (Lipinski definition) is 3. The number of aliphatic hydroxyl groups is 1. The van der Waals surface area contributed by atoms with Crippen LogP contribution in [-0.2, 0) is 0 Å². The zero-order valence-corrected chi connectivity index (χ0v) is 13.2. The number of nitrogens with zero attached hydrogens (tertiary/aromatic N) is 2. The zero-order chi connectivity index (χ0) is 15.4. The van der Waals surface area contributed by atoms with Gasteiger partial charge >= 0.3 is 0 Å². The summed E-state index contributed by atoms with van der Waals surface area (Å²) >= 11 is 0. The minimum atomic E-state index is -0.917. The van der Waals surface area contributed by atoms with Gasteiger partial charge in [0.25, 0.3) is 0 Å². The van der Waals surface area contributed by atoms with E-state index in [0.29, 0.717) is 17.4 Å². The maximum atomic E-state index is 10.2. The van der Waals surface area contributed by atoms with Crippen LogP contribution in [0.1, 0.15) is 41.0 Å². The second-order valence-corrected chi connectivity index (χ2v) is 5.84. The molecular formula is C14H26N4O2. The normalized spacial score (nSPS) is 12.2. The zero-order valence-electron chi connectivity index (χ0n) is 13.2. The van der Waals surface area contributed by atoms with E-state index in [4.69, 9.17) is 4.74 Å². The van der Waals surface area contributed by atoms with Crippen LogP contribution in [0.15, 0.2) is 6.33 Å². The third kappa shape index (κ3) is 3.72. The molecule has 0 aliphatic rings. The maximum absolute atomic E-state index is 10.2. The van der Waals surface area contributed by atoms with E-state index in [1.54, 1.807) is 21.0 Å². The van der Waals surface area contributed by atoms with Crippen LogP contribution in [0.25, 0.3) is 0 Å². The first-order valence-corrected chi connectivity index (χ1v) is 6.86. The van der Waals surface area contributed by atoms with Gasteiger partial charge < -0.3 is 20.5 Å². The van der Waals surface area contributed by atoms with Crippen molar-refractivity contribution in [2.75, 3.05) is 24.3 Å². The van der Waals surface area contributed by atoms with Gasteiger partial charge in [-0.1, -0.05) is 6.92 Å². The van der Waals surface area contributed by atoms with E-state index in [2.05, 4.69) is 27.5 Å². The minimum absolute atomic E-state index is 0.554. The summed E-state index contributed by atoms with van der Waals surface area (Å²) in [5.41, 5.74) is -1.49. The average molecular weight is 282 g/mol. The van der Waals surface area contributed by atoms with Crippen molar-refractivity contribution in [3.8, 4) is 5.75 Å². The molecule has 3 N–H and O–H groups in total. The van der Waals surface area contributed by atoms with Crippen molar-refractivity contribution in [3.05, 3.63) is 6.33 Å². The highest BCUT2D eigenvalue weighted by Gasteiger charge is 2.36. The van der Waals surface area contributed by atoms with Gasteiger partial charge in [0.15, 0.2) is 11.6 Å². The highest BCUT2D eigenvalue weighted by atomic mass is 16.5. The van der Waals surface area contributed by atoms with Crippen LogP contribution < -0.4 is 15.4 Å². The average Bonchev–Trinajstić information content (AvgIpc) is 2.34. The van der Waals surface area contributed by atoms with Gasteiger partial charge in [-0.25, -0.2) is 9.97 Å². The SMILES string of the molecule is CCCNc1ncnc(NC(C)(C)C(C)(C)O)c1OC. The summed E-state index contributed by atoms with van der Waals surface area (Å²) in [6, 6.07) is 0. The molecule has 1 aromatic heterocycles. The molecule has 0 spiro atoms. The van der Waals surface area contributed by atoms with E-state index in [1.807, 2.05) is 13.8 Å². The smallest absolute Gasteiger partial charge is 0.204 e. The summed E-state index contributed by atoms with van der Waals surface area (Å²) < 4.78 is 5.40. The highest BCUT2D eigenvalue weighted by Crippen LogP contribution is 2.33. The lowest BCUT2D eigenvalue weighted by Crippen LogP contribution is -2.51. The molecule has 0 aromatic carbocycles. The molecular weight excluding hydrogens is 256 g/mol.